The lowest BCUT2D eigenvalue weighted by Crippen LogP contribution is -2.13. The van der Waals surface area contributed by atoms with Crippen LogP contribution in [-0.4, -0.2) is 12.1 Å². The molecule has 2 rings (SSSR count). The van der Waals surface area contributed by atoms with Gasteiger partial charge in [0.1, 0.15) is 0 Å². The summed E-state index contributed by atoms with van der Waals surface area (Å²) >= 11 is 0. The van der Waals surface area contributed by atoms with Crippen LogP contribution in [0, 0.1) is 0 Å². The highest BCUT2D eigenvalue weighted by Crippen LogP contribution is 2.06. The second kappa shape index (κ2) is 6.89. The Hall–Kier alpha value is -1.71. The van der Waals surface area contributed by atoms with Gasteiger partial charge in [-0.1, -0.05) is 30.3 Å². The second-order valence-electron chi connectivity index (χ2n) is 4.18. The summed E-state index contributed by atoms with van der Waals surface area (Å²) in [4.78, 5) is 4.27. The van der Waals surface area contributed by atoms with E-state index in [4.69, 9.17) is 4.74 Å². The molecular formula is C15H18N2O. The largest absolute Gasteiger partial charge is 0.380 e. The van der Waals surface area contributed by atoms with Crippen LogP contribution in [0.3, 0.4) is 0 Å². The maximum Gasteiger partial charge on any atom is 0.0713 e. The number of benzene rings is 1. The van der Waals surface area contributed by atoms with E-state index >= 15 is 0 Å². The van der Waals surface area contributed by atoms with Crippen molar-refractivity contribution in [2.75, 3.05) is 7.11 Å². The first-order chi connectivity index (χ1) is 8.88. The van der Waals surface area contributed by atoms with E-state index in [0.29, 0.717) is 6.61 Å². The van der Waals surface area contributed by atoms with Crippen LogP contribution in [0.25, 0.3) is 0 Å². The quantitative estimate of drug-likeness (QED) is 0.845. The topological polar surface area (TPSA) is 34.1 Å². The third-order valence-corrected chi connectivity index (χ3v) is 2.66. The zero-order valence-corrected chi connectivity index (χ0v) is 10.6. The molecule has 18 heavy (non-hydrogen) atoms. The molecule has 0 aliphatic carbocycles. The van der Waals surface area contributed by atoms with Gasteiger partial charge in [-0.3, -0.25) is 4.98 Å². The summed E-state index contributed by atoms with van der Waals surface area (Å²) in [6.07, 6.45) is 1.82. The van der Waals surface area contributed by atoms with Gasteiger partial charge in [0.15, 0.2) is 0 Å². The van der Waals surface area contributed by atoms with E-state index < -0.39 is 0 Å². The molecular weight excluding hydrogens is 224 g/mol. The predicted molar refractivity (Wildman–Crippen MR) is 71.9 cm³/mol. The molecule has 0 radical (unpaired) electrons. The fourth-order valence-electron chi connectivity index (χ4n) is 1.83. The molecule has 0 saturated carbocycles. The standard InChI is InChI=1S/C15H18N2O/c1-18-12-14-6-4-5-13(9-14)10-16-11-15-7-2-3-8-17-15/h2-9,16H,10-12H2,1H3. The van der Waals surface area contributed by atoms with Gasteiger partial charge >= 0.3 is 0 Å². The number of methoxy groups -OCH3 is 1. The molecule has 0 aliphatic rings. The zero-order valence-electron chi connectivity index (χ0n) is 10.6. The second-order valence-corrected chi connectivity index (χ2v) is 4.18. The summed E-state index contributed by atoms with van der Waals surface area (Å²) in [7, 11) is 1.71. The lowest BCUT2D eigenvalue weighted by molar-refractivity contribution is 0.185. The van der Waals surface area contributed by atoms with Crippen molar-refractivity contribution >= 4 is 0 Å². The summed E-state index contributed by atoms with van der Waals surface area (Å²) < 4.78 is 5.13. The van der Waals surface area contributed by atoms with Crippen LogP contribution in [0.5, 0.6) is 0 Å². The van der Waals surface area contributed by atoms with Crippen LogP contribution in [0.15, 0.2) is 48.7 Å². The fraction of sp³-hybridized carbons (Fsp3) is 0.267. The molecule has 1 aromatic heterocycles. The highest BCUT2D eigenvalue weighted by Gasteiger charge is 1.97. The van der Waals surface area contributed by atoms with Crippen molar-refractivity contribution < 1.29 is 4.74 Å². The van der Waals surface area contributed by atoms with E-state index in [1.165, 1.54) is 11.1 Å². The highest BCUT2D eigenvalue weighted by molar-refractivity contribution is 5.22. The fourth-order valence-corrected chi connectivity index (χ4v) is 1.83. The smallest absolute Gasteiger partial charge is 0.0713 e. The molecule has 2 aromatic rings. The third kappa shape index (κ3) is 3.95. The minimum Gasteiger partial charge on any atom is -0.380 e. The predicted octanol–water partition coefficient (Wildman–Crippen LogP) is 2.52. The summed E-state index contributed by atoms with van der Waals surface area (Å²) in [6, 6.07) is 14.4. The maximum absolute atomic E-state index is 5.13. The summed E-state index contributed by atoms with van der Waals surface area (Å²) in [6.45, 7) is 2.29. The molecule has 0 atom stereocenters. The molecule has 0 aliphatic heterocycles. The van der Waals surface area contributed by atoms with Gasteiger partial charge in [0, 0.05) is 26.4 Å². The van der Waals surface area contributed by atoms with E-state index in [9.17, 15) is 0 Å². The van der Waals surface area contributed by atoms with Crippen LogP contribution in [0.2, 0.25) is 0 Å². The number of rotatable bonds is 6. The number of pyridine rings is 1. The van der Waals surface area contributed by atoms with E-state index in [0.717, 1.165) is 18.8 Å². The number of nitrogens with one attached hydrogen (secondary N) is 1. The molecule has 0 amide bonds. The van der Waals surface area contributed by atoms with Crippen molar-refractivity contribution in [1.29, 1.82) is 0 Å². The Morgan fingerprint density at radius 1 is 1.06 bits per heavy atom. The van der Waals surface area contributed by atoms with E-state index in [-0.39, 0.29) is 0 Å². The van der Waals surface area contributed by atoms with Crippen molar-refractivity contribution in [2.45, 2.75) is 19.7 Å². The van der Waals surface area contributed by atoms with Crippen molar-refractivity contribution in [1.82, 2.24) is 10.3 Å². The molecule has 94 valence electrons. The van der Waals surface area contributed by atoms with Crippen LogP contribution < -0.4 is 5.32 Å². The summed E-state index contributed by atoms with van der Waals surface area (Å²) in [5, 5.41) is 3.38. The van der Waals surface area contributed by atoms with Crippen LogP contribution in [0.4, 0.5) is 0 Å². The van der Waals surface area contributed by atoms with Crippen molar-refractivity contribution in [3.63, 3.8) is 0 Å². The molecule has 0 bridgehead atoms. The van der Waals surface area contributed by atoms with Gasteiger partial charge in [-0.05, 0) is 23.3 Å². The molecule has 0 saturated heterocycles. The van der Waals surface area contributed by atoms with Gasteiger partial charge in [-0.2, -0.15) is 0 Å². The number of ether oxygens (including phenoxy) is 1. The SMILES string of the molecule is COCc1cccc(CNCc2ccccn2)c1. The highest BCUT2D eigenvalue weighted by atomic mass is 16.5. The Morgan fingerprint density at radius 2 is 1.94 bits per heavy atom. The van der Waals surface area contributed by atoms with Crippen LogP contribution in [-0.2, 0) is 24.4 Å². The van der Waals surface area contributed by atoms with Crippen molar-refractivity contribution in [3.8, 4) is 0 Å². The van der Waals surface area contributed by atoms with Crippen LogP contribution in [0.1, 0.15) is 16.8 Å². The first kappa shape index (κ1) is 12.7. The van der Waals surface area contributed by atoms with Crippen molar-refractivity contribution in [3.05, 3.63) is 65.5 Å². The molecule has 0 unspecified atom stereocenters. The third-order valence-electron chi connectivity index (χ3n) is 2.66. The van der Waals surface area contributed by atoms with Gasteiger partial charge < -0.3 is 10.1 Å². The number of hydrogen-bond donors (Lipinski definition) is 1. The first-order valence-corrected chi connectivity index (χ1v) is 6.06. The van der Waals surface area contributed by atoms with Gasteiger partial charge in [0.2, 0.25) is 0 Å². The van der Waals surface area contributed by atoms with Gasteiger partial charge in [0.05, 0.1) is 12.3 Å². The minimum absolute atomic E-state index is 0.661. The Labute approximate surface area is 108 Å². The van der Waals surface area contributed by atoms with Gasteiger partial charge in [-0.15, -0.1) is 0 Å². The lowest BCUT2D eigenvalue weighted by Gasteiger charge is -2.06. The average molecular weight is 242 g/mol. The molecule has 3 nitrogen and oxygen atoms in total. The Bertz CT molecular complexity index is 471. The lowest BCUT2D eigenvalue weighted by atomic mass is 10.1. The molecule has 1 heterocycles. The normalized spacial score (nSPS) is 10.5. The molecule has 0 spiro atoms. The summed E-state index contributed by atoms with van der Waals surface area (Å²) in [5.41, 5.74) is 3.53. The Balaban J connectivity index is 1.84. The van der Waals surface area contributed by atoms with Crippen molar-refractivity contribution in [2.24, 2.45) is 0 Å². The van der Waals surface area contributed by atoms with Crippen LogP contribution >= 0.6 is 0 Å². The number of aromatic nitrogens is 1. The Kier molecular flexibility index (Phi) is 4.88. The van der Waals surface area contributed by atoms with E-state index in [1.807, 2.05) is 24.4 Å². The molecule has 1 N–H and O–H groups in total. The van der Waals surface area contributed by atoms with E-state index in [2.05, 4.69) is 34.6 Å². The Morgan fingerprint density at radius 3 is 2.72 bits per heavy atom. The maximum atomic E-state index is 5.13. The first-order valence-electron chi connectivity index (χ1n) is 6.06. The number of hydrogen-bond acceptors (Lipinski definition) is 3. The van der Waals surface area contributed by atoms with E-state index in [1.54, 1.807) is 7.11 Å². The monoisotopic (exact) mass is 242 g/mol. The number of nitrogens with zero attached hydrogens (tertiary/aromatic N) is 1. The van der Waals surface area contributed by atoms with Gasteiger partial charge in [-0.25, -0.2) is 0 Å². The molecule has 3 heteroatoms. The summed E-state index contributed by atoms with van der Waals surface area (Å²) in [5.74, 6) is 0. The molecule has 0 fully saturated rings. The van der Waals surface area contributed by atoms with Gasteiger partial charge in [0.25, 0.3) is 0 Å². The zero-order chi connectivity index (χ0) is 12.6. The minimum atomic E-state index is 0.661. The average Bonchev–Trinajstić information content (AvgIpc) is 2.41. The molecule has 1 aromatic carbocycles.